The summed E-state index contributed by atoms with van der Waals surface area (Å²) in [7, 11) is 0. The van der Waals surface area contributed by atoms with Gasteiger partial charge in [-0.25, -0.2) is 0 Å². The van der Waals surface area contributed by atoms with E-state index in [1.54, 1.807) is 24.3 Å². The molecule has 7 nitrogen and oxygen atoms in total. The molecule has 3 rings (SSSR count). The summed E-state index contributed by atoms with van der Waals surface area (Å²) in [5.74, 6) is -1.77. The van der Waals surface area contributed by atoms with Crippen LogP contribution in [0.4, 0.5) is 18.9 Å². The standard InChI is InChI=1S/C18H21F3N4O3/c19-18(20,21)14-9-22-6-7-25(14)10-16(27)23-12-3-1-2-11(8-12)13-4-5-15(26)24-17(13)28/h1-3,8,13-14,22H,4-7,9-10H2,(H,23,27)(H,24,26,28)/t13?,14-/m1/s1. The van der Waals surface area contributed by atoms with Crippen LogP contribution >= 0.6 is 0 Å². The molecule has 28 heavy (non-hydrogen) atoms. The van der Waals surface area contributed by atoms with Gasteiger partial charge in [0.05, 0.1) is 12.5 Å². The Kier molecular flexibility index (Phi) is 5.99. The van der Waals surface area contributed by atoms with Crippen LogP contribution in [0.3, 0.4) is 0 Å². The highest BCUT2D eigenvalue weighted by Gasteiger charge is 2.45. The predicted molar refractivity (Wildman–Crippen MR) is 94.5 cm³/mol. The summed E-state index contributed by atoms with van der Waals surface area (Å²) in [6.07, 6.45) is -3.82. The first-order valence-corrected chi connectivity index (χ1v) is 8.99. The average Bonchev–Trinajstić information content (AvgIpc) is 2.61. The van der Waals surface area contributed by atoms with Crippen molar-refractivity contribution in [3.63, 3.8) is 0 Å². The number of piperidine rings is 1. The number of rotatable bonds is 4. The molecule has 1 aromatic rings. The van der Waals surface area contributed by atoms with Crippen LogP contribution in [0.5, 0.6) is 0 Å². The number of hydrogen-bond acceptors (Lipinski definition) is 5. The lowest BCUT2D eigenvalue weighted by Crippen LogP contribution is -2.59. The maximum atomic E-state index is 13.1. The van der Waals surface area contributed by atoms with E-state index in [1.807, 2.05) is 0 Å². The lowest BCUT2D eigenvalue weighted by molar-refractivity contribution is -0.187. The topological polar surface area (TPSA) is 90.5 Å². The van der Waals surface area contributed by atoms with E-state index in [9.17, 15) is 27.6 Å². The van der Waals surface area contributed by atoms with Crippen LogP contribution in [-0.4, -0.2) is 61.0 Å². The van der Waals surface area contributed by atoms with Crippen molar-refractivity contribution in [2.24, 2.45) is 0 Å². The van der Waals surface area contributed by atoms with Crippen LogP contribution in [0.1, 0.15) is 24.3 Å². The van der Waals surface area contributed by atoms with E-state index >= 15 is 0 Å². The molecule has 1 aromatic carbocycles. The minimum atomic E-state index is -4.42. The van der Waals surface area contributed by atoms with Crippen molar-refractivity contribution in [1.82, 2.24) is 15.5 Å². The van der Waals surface area contributed by atoms with Crippen LogP contribution in [0, 0.1) is 0 Å². The van der Waals surface area contributed by atoms with Crippen molar-refractivity contribution < 1.29 is 27.6 Å². The number of anilines is 1. The lowest BCUT2D eigenvalue weighted by Gasteiger charge is -2.36. The van der Waals surface area contributed by atoms with E-state index in [-0.39, 0.29) is 32.0 Å². The molecule has 2 atom stereocenters. The Morgan fingerprint density at radius 1 is 1.29 bits per heavy atom. The molecule has 2 heterocycles. The van der Waals surface area contributed by atoms with E-state index in [2.05, 4.69) is 16.0 Å². The predicted octanol–water partition coefficient (Wildman–Crippen LogP) is 0.981. The minimum Gasteiger partial charge on any atom is -0.325 e. The van der Waals surface area contributed by atoms with Gasteiger partial charge in [-0.1, -0.05) is 12.1 Å². The van der Waals surface area contributed by atoms with Gasteiger partial charge in [0.1, 0.15) is 6.04 Å². The highest BCUT2D eigenvalue weighted by molar-refractivity contribution is 6.01. The molecule has 10 heteroatoms. The second-order valence-corrected chi connectivity index (χ2v) is 6.91. The average molecular weight is 398 g/mol. The molecule has 3 amide bonds. The number of benzene rings is 1. The van der Waals surface area contributed by atoms with E-state index in [1.165, 1.54) is 0 Å². The molecule has 2 fully saturated rings. The van der Waals surface area contributed by atoms with Crippen molar-refractivity contribution in [2.45, 2.75) is 31.0 Å². The number of halogens is 3. The zero-order valence-electron chi connectivity index (χ0n) is 15.0. The summed E-state index contributed by atoms with van der Waals surface area (Å²) in [6.45, 7) is -0.130. The number of alkyl halides is 3. The third kappa shape index (κ3) is 4.87. The summed E-state index contributed by atoms with van der Waals surface area (Å²) in [4.78, 5) is 36.7. The Labute approximate surface area is 159 Å². The molecule has 2 aliphatic heterocycles. The number of carbonyl (C=O) groups is 3. The zero-order chi connectivity index (χ0) is 20.3. The van der Waals surface area contributed by atoms with Crippen LogP contribution in [-0.2, 0) is 14.4 Å². The summed E-state index contributed by atoms with van der Waals surface area (Å²) >= 11 is 0. The van der Waals surface area contributed by atoms with Gasteiger partial charge in [-0.3, -0.25) is 24.6 Å². The van der Waals surface area contributed by atoms with E-state index in [4.69, 9.17) is 0 Å². The van der Waals surface area contributed by atoms with Crippen molar-refractivity contribution in [2.75, 3.05) is 31.5 Å². The first-order valence-electron chi connectivity index (χ1n) is 8.99. The van der Waals surface area contributed by atoms with Gasteiger partial charge >= 0.3 is 6.18 Å². The summed E-state index contributed by atoms with van der Waals surface area (Å²) in [5, 5.41) is 7.56. The third-order valence-electron chi connectivity index (χ3n) is 4.89. The van der Waals surface area contributed by atoms with Crippen molar-refractivity contribution in [3.8, 4) is 0 Å². The normalized spacial score (nSPS) is 24.0. The SMILES string of the molecule is O=C1CCC(c2cccc(NC(=O)CN3CCNC[C@@H]3C(F)(F)F)c2)C(=O)N1. The van der Waals surface area contributed by atoms with Crippen LogP contribution in [0.25, 0.3) is 0 Å². The quantitative estimate of drug-likeness (QED) is 0.658. The molecular weight excluding hydrogens is 377 g/mol. The fourth-order valence-corrected chi connectivity index (χ4v) is 3.49. The van der Waals surface area contributed by atoms with Crippen LogP contribution in [0.2, 0.25) is 0 Å². The molecule has 3 N–H and O–H groups in total. The first-order chi connectivity index (χ1) is 13.2. The first kappa shape index (κ1) is 20.3. The van der Waals surface area contributed by atoms with Gasteiger partial charge in [-0.2, -0.15) is 13.2 Å². The number of amides is 3. The van der Waals surface area contributed by atoms with E-state index in [0.717, 1.165) is 4.90 Å². The van der Waals surface area contributed by atoms with Crippen LogP contribution in [0.15, 0.2) is 24.3 Å². The Bertz CT molecular complexity index is 769. The van der Waals surface area contributed by atoms with Gasteiger partial charge in [0.25, 0.3) is 0 Å². The molecule has 2 aliphatic rings. The van der Waals surface area contributed by atoms with E-state index in [0.29, 0.717) is 24.2 Å². The van der Waals surface area contributed by atoms with E-state index < -0.39 is 30.0 Å². The molecule has 0 aliphatic carbocycles. The molecule has 0 radical (unpaired) electrons. The minimum absolute atomic E-state index is 0.119. The van der Waals surface area contributed by atoms with Crippen molar-refractivity contribution >= 4 is 23.4 Å². The maximum absolute atomic E-state index is 13.1. The fraction of sp³-hybridized carbons (Fsp3) is 0.500. The smallest absolute Gasteiger partial charge is 0.325 e. The third-order valence-corrected chi connectivity index (χ3v) is 4.89. The Morgan fingerprint density at radius 3 is 2.79 bits per heavy atom. The Hall–Kier alpha value is -2.46. The van der Waals surface area contributed by atoms with Gasteiger partial charge in [-0.05, 0) is 24.1 Å². The summed E-state index contributed by atoms with van der Waals surface area (Å²) in [5.41, 5.74) is 1.03. The maximum Gasteiger partial charge on any atom is 0.405 e. The second-order valence-electron chi connectivity index (χ2n) is 6.91. The van der Waals surface area contributed by atoms with Gasteiger partial charge in [-0.15, -0.1) is 0 Å². The molecule has 0 spiro atoms. The monoisotopic (exact) mass is 398 g/mol. The zero-order valence-corrected chi connectivity index (χ0v) is 15.0. The molecular formula is C18H21F3N4O3. The molecule has 2 saturated heterocycles. The number of nitrogens with zero attached hydrogens (tertiary/aromatic N) is 1. The largest absolute Gasteiger partial charge is 0.405 e. The van der Waals surface area contributed by atoms with Crippen LogP contribution < -0.4 is 16.0 Å². The molecule has 152 valence electrons. The second kappa shape index (κ2) is 8.27. The number of carbonyl (C=O) groups excluding carboxylic acids is 3. The number of hydrogen-bond donors (Lipinski definition) is 3. The summed E-state index contributed by atoms with van der Waals surface area (Å²) in [6, 6.07) is 4.87. The Morgan fingerprint density at radius 2 is 2.07 bits per heavy atom. The summed E-state index contributed by atoms with van der Waals surface area (Å²) < 4.78 is 39.3. The van der Waals surface area contributed by atoms with Crippen molar-refractivity contribution in [3.05, 3.63) is 29.8 Å². The van der Waals surface area contributed by atoms with Crippen molar-refractivity contribution in [1.29, 1.82) is 0 Å². The van der Waals surface area contributed by atoms with Gasteiger partial charge < -0.3 is 10.6 Å². The molecule has 0 saturated carbocycles. The molecule has 0 bridgehead atoms. The molecule has 0 aromatic heterocycles. The highest BCUT2D eigenvalue weighted by Crippen LogP contribution is 2.27. The number of nitrogens with one attached hydrogen (secondary N) is 3. The fourth-order valence-electron chi connectivity index (χ4n) is 3.49. The Balaban J connectivity index is 1.64. The van der Waals surface area contributed by atoms with Gasteiger partial charge in [0.2, 0.25) is 17.7 Å². The number of imide groups is 1. The highest BCUT2D eigenvalue weighted by atomic mass is 19.4. The van der Waals surface area contributed by atoms with Gasteiger partial charge in [0.15, 0.2) is 0 Å². The number of piperazine rings is 1. The molecule has 1 unspecified atom stereocenters. The van der Waals surface area contributed by atoms with Gasteiger partial charge in [0, 0.05) is 31.7 Å². The lowest BCUT2D eigenvalue weighted by atomic mass is 9.90.